The molecule has 0 N–H and O–H groups in total. The van der Waals surface area contributed by atoms with Crippen LogP contribution in [0, 0.1) is 0 Å². The molecule has 1 aromatic carbocycles. The fourth-order valence-corrected chi connectivity index (χ4v) is 5.44. The van der Waals surface area contributed by atoms with Gasteiger partial charge in [-0.3, -0.25) is 14.5 Å². The topological polar surface area (TPSA) is 73.1 Å². The van der Waals surface area contributed by atoms with Crippen LogP contribution in [-0.4, -0.2) is 42.2 Å². The highest BCUT2D eigenvalue weighted by molar-refractivity contribution is 5.82. The van der Waals surface area contributed by atoms with Crippen molar-refractivity contribution in [2.45, 2.75) is 50.8 Å². The first kappa shape index (κ1) is 21.5. The lowest BCUT2D eigenvalue weighted by Gasteiger charge is -2.36. The zero-order chi connectivity index (χ0) is 24.0. The number of allylic oxidation sites excluding steroid dienone is 1. The second kappa shape index (κ2) is 8.34. The van der Waals surface area contributed by atoms with E-state index in [0.29, 0.717) is 5.95 Å². The zero-order valence-corrected chi connectivity index (χ0v) is 19.8. The second-order valence-electron chi connectivity index (χ2n) is 9.71. The van der Waals surface area contributed by atoms with Gasteiger partial charge in [-0.05, 0) is 68.0 Å². The highest BCUT2D eigenvalue weighted by Gasteiger charge is 2.50. The van der Waals surface area contributed by atoms with E-state index in [-0.39, 0.29) is 18.2 Å². The molecule has 1 unspecified atom stereocenters. The first-order chi connectivity index (χ1) is 17.0. The zero-order valence-electron chi connectivity index (χ0n) is 19.8. The van der Waals surface area contributed by atoms with Crippen LogP contribution in [0.5, 0.6) is 0 Å². The molecule has 1 saturated heterocycles. The number of rotatable bonds is 4. The molecule has 4 aromatic rings. The molecule has 1 fully saturated rings. The van der Waals surface area contributed by atoms with E-state index in [1.54, 1.807) is 12.4 Å². The van der Waals surface area contributed by atoms with Gasteiger partial charge >= 0.3 is 6.09 Å². The summed E-state index contributed by atoms with van der Waals surface area (Å²) < 4.78 is 7.79. The molecule has 0 radical (unpaired) electrons. The average Bonchev–Trinajstić information content (AvgIpc) is 3.41. The summed E-state index contributed by atoms with van der Waals surface area (Å²) in [6, 6.07) is 16.1. The van der Waals surface area contributed by atoms with Crippen LogP contribution < -0.4 is 0 Å². The summed E-state index contributed by atoms with van der Waals surface area (Å²) >= 11 is 0. The lowest BCUT2D eigenvalue weighted by molar-refractivity contribution is 0.0668. The molecule has 7 nitrogen and oxygen atoms in total. The van der Waals surface area contributed by atoms with Gasteiger partial charge in [0.15, 0.2) is 0 Å². The Morgan fingerprint density at radius 2 is 1.83 bits per heavy atom. The molecule has 1 amide bonds. The number of amides is 1. The molecule has 0 saturated carbocycles. The number of hydrogen-bond acceptors (Lipinski definition) is 5. The van der Waals surface area contributed by atoms with Crippen molar-refractivity contribution < 1.29 is 9.53 Å². The number of cyclic esters (lactones) is 1. The van der Waals surface area contributed by atoms with E-state index in [0.717, 1.165) is 41.4 Å². The van der Waals surface area contributed by atoms with E-state index in [1.165, 1.54) is 5.57 Å². The van der Waals surface area contributed by atoms with Crippen LogP contribution in [0.25, 0.3) is 22.6 Å². The summed E-state index contributed by atoms with van der Waals surface area (Å²) in [5.74, 6) is 0.626. The van der Waals surface area contributed by atoms with Crippen molar-refractivity contribution in [3.8, 4) is 5.95 Å². The minimum absolute atomic E-state index is 0.0940. The monoisotopic (exact) mass is 465 g/mol. The number of nitrogens with zero attached hydrogens (tertiary/aromatic N) is 5. The number of benzene rings is 1. The van der Waals surface area contributed by atoms with E-state index in [9.17, 15) is 4.79 Å². The third kappa shape index (κ3) is 3.77. The van der Waals surface area contributed by atoms with Crippen LogP contribution in [0.4, 0.5) is 4.79 Å². The van der Waals surface area contributed by atoms with Gasteiger partial charge in [-0.2, -0.15) is 0 Å². The molecule has 0 bridgehead atoms. The van der Waals surface area contributed by atoms with Gasteiger partial charge in [0.2, 0.25) is 5.95 Å². The van der Waals surface area contributed by atoms with Crippen molar-refractivity contribution in [3.63, 3.8) is 0 Å². The number of carbonyl (C=O) groups is 1. The summed E-state index contributed by atoms with van der Waals surface area (Å²) in [4.78, 5) is 28.4. The van der Waals surface area contributed by atoms with Gasteiger partial charge in [-0.15, -0.1) is 0 Å². The molecule has 2 aliphatic rings. The smallest absolute Gasteiger partial charge is 0.411 e. The molecule has 4 heterocycles. The highest BCUT2D eigenvalue weighted by Crippen LogP contribution is 2.45. The molecule has 1 aliphatic heterocycles. The first-order valence-corrected chi connectivity index (χ1v) is 12.0. The standard InChI is InChI=1S/C28H27N5O2/c1-28(2)25(20-7-4-3-5-8-20)33(27(34)35-28)22-11-9-19(10-12-22)21-17-24-23(31-18-21)13-16-32(24)26-29-14-6-15-30-26/h3-9,13-18,22,25H,10-12H2,1-2H3/t22-,25?/m0/s1. The fourth-order valence-electron chi connectivity index (χ4n) is 5.44. The SMILES string of the molecule is CC1(C)OC(=O)N([C@H]2CC=C(c3cnc4ccn(-c5ncccn5)c4c3)CC2)C1c1ccccc1. The van der Waals surface area contributed by atoms with Crippen molar-refractivity contribution in [2.24, 2.45) is 0 Å². The number of hydrogen-bond donors (Lipinski definition) is 0. The average molecular weight is 466 g/mol. The molecule has 1 aliphatic carbocycles. The van der Waals surface area contributed by atoms with Crippen molar-refractivity contribution in [1.82, 2.24) is 24.4 Å². The third-order valence-corrected chi connectivity index (χ3v) is 7.07. The Morgan fingerprint density at radius 1 is 1.03 bits per heavy atom. The lowest BCUT2D eigenvalue weighted by Crippen LogP contribution is -2.41. The molecule has 3 aromatic heterocycles. The van der Waals surface area contributed by atoms with E-state index >= 15 is 0 Å². The molecule has 0 spiro atoms. The van der Waals surface area contributed by atoms with Crippen molar-refractivity contribution in [3.05, 3.63) is 90.5 Å². The van der Waals surface area contributed by atoms with Crippen molar-refractivity contribution in [2.75, 3.05) is 0 Å². The lowest BCUT2D eigenvalue weighted by atomic mass is 9.86. The van der Waals surface area contributed by atoms with Gasteiger partial charge in [0.05, 0.1) is 17.1 Å². The summed E-state index contributed by atoms with van der Waals surface area (Å²) in [6.45, 7) is 4.00. The predicted molar refractivity (Wildman–Crippen MR) is 134 cm³/mol. The molecular formula is C28H27N5O2. The Bertz CT molecular complexity index is 1410. The van der Waals surface area contributed by atoms with E-state index in [1.807, 2.05) is 66.0 Å². The number of pyridine rings is 1. The number of aromatic nitrogens is 4. The van der Waals surface area contributed by atoms with E-state index < -0.39 is 5.60 Å². The molecule has 7 heteroatoms. The van der Waals surface area contributed by atoms with Gasteiger partial charge in [-0.25, -0.2) is 14.8 Å². The summed E-state index contributed by atoms with van der Waals surface area (Å²) in [7, 11) is 0. The summed E-state index contributed by atoms with van der Waals surface area (Å²) in [5.41, 5.74) is 4.75. The quantitative estimate of drug-likeness (QED) is 0.385. The normalized spacial score (nSPS) is 21.7. The fraction of sp³-hybridized carbons (Fsp3) is 0.286. The Balaban J connectivity index is 1.28. The highest BCUT2D eigenvalue weighted by atomic mass is 16.6. The summed E-state index contributed by atoms with van der Waals surface area (Å²) in [6.07, 6.45) is 11.9. The Hall–Kier alpha value is -4.00. The van der Waals surface area contributed by atoms with Crippen LogP contribution in [0.3, 0.4) is 0 Å². The maximum absolute atomic E-state index is 13.0. The van der Waals surface area contributed by atoms with Gasteiger partial charge in [0.25, 0.3) is 0 Å². The maximum atomic E-state index is 13.0. The van der Waals surface area contributed by atoms with Crippen LogP contribution in [0.1, 0.15) is 50.3 Å². The van der Waals surface area contributed by atoms with E-state index in [4.69, 9.17) is 4.74 Å². The minimum atomic E-state index is -0.581. The Kier molecular flexibility index (Phi) is 5.13. The maximum Gasteiger partial charge on any atom is 0.411 e. The first-order valence-electron chi connectivity index (χ1n) is 12.0. The molecule has 176 valence electrons. The molecule has 35 heavy (non-hydrogen) atoms. The van der Waals surface area contributed by atoms with Crippen molar-refractivity contribution >= 4 is 22.7 Å². The number of carbonyl (C=O) groups excluding carboxylic acids is 1. The van der Waals surface area contributed by atoms with Crippen LogP contribution in [0.15, 0.2) is 79.4 Å². The summed E-state index contributed by atoms with van der Waals surface area (Å²) in [5, 5.41) is 0. The molecular weight excluding hydrogens is 438 g/mol. The number of fused-ring (bicyclic) bond motifs is 1. The van der Waals surface area contributed by atoms with Gasteiger partial charge in [0.1, 0.15) is 5.60 Å². The molecule has 2 atom stereocenters. The second-order valence-corrected chi connectivity index (χ2v) is 9.71. The van der Waals surface area contributed by atoms with E-state index in [2.05, 4.69) is 39.2 Å². The Morgan fingerprint density at radius 3 is 2.57 bits per heavy atom. The largest absolute Gasteiger partial charge is 0.441 e. The van der Waals surface area contributed by atoms with Gasteiger partial charge in [0, 0.05) is 30.8 Å². The van der Waals surface area contributed by atoms with Crippen LogP contribution in [0.2, 0.25) is 0 Å². The van der Waals surface area contributed by atoms with Gasteiger partial charge < -0.3 is 4.74 Å². The van der Waals surface area contributed by atoms with Crippen LogP contribution >= 0.6 is 0 Å². The van der Waals surface area contributed by atoms with Gasteiger partial charge in [-0.1, -0.05) is 36.4 Å². The van der Waals surface area contributed by atoms with Crippen molar-refractivity contribution in [1.29, 1.82) is 0 Å². The third-order valence-electron chi connectivity index (χ3n) is 7.07. The number of ether oxygens (including phenoxy) is 1. The predicted octanol–water partition coefficient (Wildman–Crippen LogP) is 5.72. The Labute approximate surface area is 204 Å². The molecule has 6 rings (SSSR count). The van der Waals surface area contributed by atoms with Crippen LogP contribution in [-0.2, 0) is 4.74 Å². The minimum Gasteiger partial charge on any atom is -0.441 e.